The molecular formula is C24H31N3O4S. The van der Waals surface area contributed by atoms with Crippen molar-refractivity contribution in [2.24, 2.45) is 23.2 Å². The van der Waals surface area contributed by atoms with Crippen molar-refractivity contribution in [2.45, 2.75) is 71.9 Å². The Bertz CT molecular complexity index is 1100. The summed E-state index contributed by atoms with van der Waals surface area (Å²) in [6.45, 7) is 5.82. The van der Waals surface area contributed by atoms with Gasteiger partial charge >= 0.3 is 5.97 Å². The number of thiophene rings is 1. The maximum absolute atomic E-state index is 13.1. The van der Waals surface area contributed by atoms with Gasteiger partial charge in [-0.05, 0) is 88.0 Å². The van der Waals surface area contributed by atoms with Gasteiger partial charge in [-0.15, -0.1) is 11.3 Å². The molecule has 1 amide bonds. The molecule has 4 fully saturated rings. The van der Waals surface area contributed by atoms with Gasteiger partial charge in [0.2, 0.25) is 5.91 Å². The highest BCUT2D eigenvalue weighted by Gasteiger charge is 2.53. The SMILES string of the molecule is CCOC(=O)c1sc2ncn(CC(=O)NC(C)C34CC5CC(CC(C5)C3)C4)c(=O)c2c1C. The highest BCUT2D eigenvalue weighted by Crippen LogP contribution is 2.61. The lowest BCUT2D eigenvalue weighted by Gasteiger charge is -2.59. The Labute approximate surface area is 191 Å². The second kappa shape index (κ2) is 7.97. The monoisotopic (exact) mass is 457 g/mol. The molecule has 4 bridgehead atoms. The molecule has 4 aliphatic rings. The van der Waals surface area contributed by atoms with Crippen LogP contribution in [0.25, 0.3) is 10.2 Å². The molecule has 1 N–H and O–H groups in total. The summed E-state index contributed by atoms with van der Waals surface area (Å²) in [4.78, 5) is 43.4. The second-order valence-corrected chi connectivity index (χ2v) is 11.2. The Morgan fingerprint density at radius 3 is 2.47 bits per heavy atom. The van der Waals surface area contributed by atoms with Crippen molar-refractivity contribution in [1.82, 2.24) is 14.9 Å². The summed E-state index contributed by atoms with van der Waals surface area (Å²) in [6, 6.07) is 0.106. The number of nitrogens with one attached hydrogen (secondary N) is 1. The zero-order valence-electron chi connectivity index (χ0n) is 19.0. The van der Waals surface area contributed by atoms with E-state index in [1.165, 1.54) is 49.4 Å². The minimum absolute atomic E-state index is 0.0670. The van der Waals surface area contributed by atoms with Crippen molar-refractivity contribution in [2.75, 3.05) is 6.61 Å². The van der Waals surface area contributed by atoms with Gasteiger partial charge in [-0.3, -0.25) is 14.2 Å². The van der Waals surface area contributed by atoms with Crippen LogP contribution in [0.1, 0.15) is 67.6 Å². The smallest absolute Gasteiger partial charge is 0.348 e. The number of hydrogen-bond donors (Lipinski definition) is 1. The molecule has 8 heteroatoms. The average molecular weight is 458 g/mol. The lowest BCUT2D eigenvalue weighted by Crippen LogP contribution is -2.56. The first-order chi connectivity index (χ1) is 15.3. The molecule has 4 aliphatic carbocycles. The van der Waals surface area contributed by atoms with Gasteiger partial charge in [0, 0.05) is 6.04 Å². The Morgan fingerprint density at radius 1 is 1.25 bits per heavy atom. The standard InChI is InChI=1S/C24H31N3O4S/c1-4-31-23(30)20-13(2)19-21(32-20)25-12-27(22(19)29)11-18(28)26-14(3)24-8-15-5-16(9-24)7-17(6-15)10-24/h12,14-17H,4-11H2,1-3H3,(H,26,28). The number of amides is 1. The highest BCUT2D eigenvalue weighted by molar-refractivity contribution is 7.20. The third-order valence-corrected chi connectivity index (χ3v) is 9.25. The summed E-state index contributed by atoms with van der Waals surface area (Å²) in [5.41, 5.74) is 0.491. The van der Waals surface area contributed by atoms with Crippen LogP contribution in [-0.2, 0) is 16.1 Å². The summed E-state index contributed by atoms with van der Waals surface area (Å²) in [5.74, 6) is 1.87. The van der Waals surface area contributed by atoms with E-state index in [9.17, 15) is 14.4 Å². The molecule has 2 aromatic rings. The predicted octanol–water partition coefficient (Wildman–Crippen LogP) is 3.66. The molecular weight excluding hydrogens is 426 g/mol. The van der Waals surface area contributed by atoms with Crippen molar-refractivity contribution < 1.29 is 14.3 Å². The molecule has 4 saturated carbocycles. The zero-order valence-corrected chi connectivity index (χ0v) is 19.8. The number of esters is 1. The van der Waals surface area contributed by atoms with Gasteiger partial charge in [0.15, 0.2) is 0 Å². The second-order valence-electron chi connectivity index (χ2n) is 10.2. The molecule has 0 aliphatic heterocycles. The minimum atomic E-state index is -0.443. The van der Waals surface area contributed by atoms with Crippen LogP contribution < -0.4 is 10.9 Å². The van der Waals surface area contributed by atoms with Crippen LogP contribution in [0.4, 0.5) is 0 Å². The van der Waals surface area contributed by atoms with Crippen LogP contribution in [0.15, 0.2) is 11.1 Å². The van der Waals surface area contributed by atoms with Crippen molar-refractivity contribution in [3.63, 3.8) is 0 Å². The fraction of sp³-hybridized carbons (Fsp3) is 0.667. The summed E-state index contributed by atoms with van der Waals surface area (Å²) in [5, 5.41) is 3.61. The number of carbonyl (C=O) groups excluding carboxylic acids is 2. The van der Waals surface area contributed by atoms with Crippen LogP contribution in [-0.4, -0.2) is 34.1 Å². The number of ether oxygens (including phenoxy) is 1. The molecule has 0 saturated heterocycles. The van der Waals surface area contributed by atoms with E-state index in [1.807, 2.05) is 0 Å². The average Bonchev–Trinajstić information content (AvgIpc) is 3.06. The maximum atomic E-state index is 13.1. The molecule has 1 unspecified atom stereocenters. The first kappa shape index (κ1) is 21.6. The molecule has 6 rings (SSSR count). The fourth-order valence-corrected chi connectivity index (χ4v) is 8.00. The molecule has 2 aromatic heterocycles. The number of fused-ring (bicyclic) bond motifs is 1. The summed E-state index contributed by atoms with van der Waals surface area (Å²) in [7, 11) is 0. The van der Waals surface area contributed by atoms with Gasteiger partial charge < -0.3 is 10.1 Å². The molecule has 0 aromatic carbocycles. The van der Waals surface area contributed by atoms with Gasteiger partial charge in [0.1, 0.15) is 16.3 Å². The van der Waals surface area contributed by atoms with E-state index in [0.717, 1.165) is 29.1 Å². The van der Waals surface area contributed by atoms with Crippen LogP contribution in [0.5, 0.6) is 0 Å². The molecule has 0 spiro atoms. The van der Waals surface area contributed by atoms with Crippen LogP contribution in [0.3, 0.4) is 0 Å². The van der Waals surface area contributed by atoms with Crippen LogP contribution in [0, 0.1) is 30.1 Å². The van der Waals surface area contributed by atoms with E-state index in [-0.39, 0.29) is 36.1 Å². The largest absolute Gasteiger partial charge is 0.462 e. The molecule has 0 radical (unpaired) electrons. The first-order valence-corrected chi connectivity index (χ1v) is 12.6. The minimum Gasteiger partial charge on any atom is -0.462 e. The quantitative estimate of drug-likeness (QED) is 0.669. The van der Waals surface area contributed by atoms with Crippen molar-refractivity contribution >= 4 is 33.4 Å². The van der Waals surface area contributed by atoms with E-state index in [4.69, 9.17) is 4.74 Å². The Morgan fingerprint density at radius 2 is 1.88 bits per heavy atom. The zero-order chi connectivity index (χ0) is 22.6. The molecule has 172 valence electrons. The van der Waals surface area contributed by atoms with Crippen molar-refractivity contribution in [1.29, 1.82) is 0 Å². The van der Waals surface area contributed by atoms with Gasteiger partial charge in [-0.2, -0.15) is 0 Å². The molecule has 1 atom stereocenters. The number of hydrogen-bond acceptors (Lipinski definition) is 6. The summed E-state index contributed by atoms with van der Waals surface area (Å²) < 4.78 is 6.43. The van der Waals surface area contributed by atoms with E-state index in [1.54, 1.807) is 13.8 Å². The number of aromatic nitrogens is 2. The van der Waals surface area contributed by atoms with Crippen LogP contribution in [0.2, 0.25) is 0 Å². The summed E-state index contributed by atoms with van der Waals surface area (Å²) in [6.07, 6.45) is 9.18. The van der Waals surface area contributed by atoms with Gasteiger partial charge in [-0.25, -0.2) is 9.78 Å². The normalized spacial score (nSPS) is 29.3. The van der Waals surface area contributed by atoms with Crippen LogP contribution >= 0.6 is 11.3 Å². The lowest BCUT2D eigenvalue weighted by atomic mass is 9.48. The van der Waals surface area contributed by atoms with Gasteiger partial charge in [-0.1, -0.05) is 0 Å². The number of nitrogens with zero attached hydrogens (tertiary/aromatic N) is 2. The molecule has 32 heavy (non-hydrogen) atoms. The van der Waals surface area contributed by atoms with Crippen molar-refractivity contribution in [3.05, 3.63) is 27.1 Å². The van der Waals surface area contributed by atoms with E-state index >= 15 is 0 Å². The molecule has 2 heterocycles. The topological polar surface area (TPSA) is 90.3 Å². The Balaban J connectivity index is 1.33. The number of rotatable bonds is 6. The van der Waals surface area contributed by atoms with Gasteiger partial charge in [0.25, 0.3) is 5.56 Å². The third-order valence-electron chi connectivity index (χ3n) is 8.07. The Hall–Kier alpha value is -2.22. The maximum Gasteiger partial charge on any atom is 0.348 e. The summed E-state index contributed by atoms with van der Waals surface area (Å²) >= 11 is 1.16. The first-order valence-electron chi connectivity index (χ1n) is 11.7. The Kier molecular flexibility index (Phi) is 5.39. The van der Waals surface area contributed by atoms with Crippen molar-refractivity contribution in [3.8, 4) is 0 Å². The predicted molar refractivity (Wildman–Crippen MR) is 123 cm³/mol. The third kappa shape index (κ3) is 3.56. The fourth-order valence-electron chi connectivity index (χ4n) is 6.97. The highest BCUT2D eigenvalue weighted by atomic mass is 32.1. The van der Waals surface area contributed by atoms with E-state index in [2.05, 4.69) is 17.2 Å². The van der Waals surface area contributed by atoms with E-state index in [0.29, 0.717) is 20.7 Å². The van der Waals surface area contributed by atoms with Gasteiger partial charge in [0.05, 0.1) is 18.3 Å². The molecule has 7 nitrogen and oxygen atoms in total. The van der Waals surface area contributed by atoms with E-state index < -0.39 is 5.97 Å². The lowest BCUT2D eigenvalue weighted by molar-refractivity contribution is -0.126. The number of carbonyl (C=O) groups is 2. The number of aryl methyl sites for hydroxylation is 1.